The number of carbonyl (C=O) groups is 1. The summed E-state index contributed by atoms with van der Waals surface area (Å²) in [5, 5.41) is 18.0. The maximum absolute atomic E-state index is 11.3. The number of aromatic nitrogens is 2. The fourth-order valence-corrected chi connectivity index (χ4v) is 3.87. The molecule has 0 radical (unpaired) electrons. The standard InChI is InChI=1S/C24H31N3O3/c1-6-19(7-2)27-22-10-9-20(13-17(22)14-25-27)30-23-15(4)11-18(12-16(23)5)26-21(8-3)24(28)29/h9-14,19,21,26H,6-8H2,1-5H3,(H,28,29). The monoisotopic (exact) mass is 409 g/mol. The quantitative estimate of drug-likeness (QED) is 0.448. The number of aliphatic carboxylic acids is 1. The van der Waals surface area contributed by atoms with Crippen LogP contribution in [0.2, 0.25) is 0 Å². The summed E-state index contributed by atoms with van der Waals surface area (Å²) in [7, 11) is 0. The summed E-state index contributed by atoms with van der Waals surface area (Å²) in [5.74, 6) is 0.696. The van der Waals surface area contributed by atoms with Gasteiger partial charge in [-0.2, -0.15) is 5.10 Å². The number of nitrogens with zero attached hydrogens (tertiary/aromatic N) is 2. The number of carboxylic acid groups (broad SMARTS) is 1. The van der Waals surface area contributed by atoms with Crippen molar-refractivity contribution in [3.63, 3.8) is 0 Å². The first-order valence-electron chi connectivity index (χ1n) is 10.6. The van der Waals surface area contributed by atoms with E-state index in [0.717, 1.165) is 52.1 Å². The molecule has 2 aromatic carbocycles. The Kier molecular flexibility index (Phi) is 6.65. The first kappa shape index (κ1) is 21.7. The van der Waals surface area contributed by atoms with E-state index in [1.54, 1.807) is 0 Å². The fourth-order valence-electron chi connectivity index (χ4n) is 3.87. The van der Waals surface area contributed by atoms with Crippen molar-refractivity contribution in [2.45, 2.75) is 66.0 Å². The molecule has 3 rings (SSSR count). The SMILES string of the molecule is CCC(Nc1cc(C)c(Oc2ccc3c(cnn3C(CC)CC)c2)c(C)c1)C(=O)O. The van der Waals surface area contributed by atoms with Gasteiger partial charge in [-0.1, -0.05) is 20.8 Å². The Morgan fingerprint density at radius 3 is 2.33 bits per heavy atom. The van der Waals surface area contributed by atoms with Crippen LogP contribution in [0.1, 0.15) is 57.2 Å². The molecule has 0 aliphatic rings. The Morgan fingerprint density at radius 2 is 1.77 bits per heavy atom. The average Bonchev–Trinajstić information content (AvgIpc) is 3.13. The lowest BCUT2D eigenvalue weighted by molar-refractivity contribution is -0.137. The van der Waals surface area contributed by atoms with Crippen LogP contribution in [-0.2, 0) is 4.79 Å². The van der Waals surface area contributed by atoms with Gasteiger partial charge in [0.25, 0.3) is 0 Å². The molecule has 1 aromatic heterocycles. The number of rotatable bonds is 9. The number of ether oxygens (including phenoxy) is 1. The van der Waals surface area contributed by atoms with E-state index < -0.39 is 12.0 Å². The molecule has 0 saturated heterocycles. The maximum atomic E-state index is 11.3. The zero-order chi connectivity index (χ0) is 21.8. The normalized spacial score (nSPS) is 12.3. The third-order valence-electron chi connectivity index (χ3n) is 5.58. The lowest BCUT2D eigenvalue weighted by Gasteiger charge is -2.18. The molecule has 1 atom stereocenters. The summed E-state index contributed by atoms with van der Waals surface area (Å²) in [6.45, 7) is 10.2. The first-order chi connectivity index (χ1) is 14.4. The van der Waals surface area contributed by atoms with Gasteiger partial charge in [-0.05, 0) is 74.6 Å². The van der Waals surface area contributed by atoms with Crippen LogP contribution in [0.3, 0.4) is 0 Å². The molecule has 160 valence electrons. The van der Waals surface area contributed by atoms with Crippen LogP contribution in [0.4, 0.5) is 5.69 Å². The van der Waals surface area contributed by atoms with E-state index in [9.17, 15) is 9.90 Å². The highest BCUT2D eigenvalue weighted by molar-refractivity contribution is 5.80. The van der Waals surface area contributed by atoms with E-state index in [1.165, 1.54) is 0 Å². The minimum absolute atomic E-state index is 0.400. The van der Waals surface area contributed by atoms with Crippen LogP contribution in [0, 0.1) is 13.8 Å². The molecule has 6 nitrogen and oxygen atoms in total. The number of anilines is 1. The first-order valence-corrected chi connectivity index (χ1v) is 10.6. The van der Waals surface area contributed by atoms with Crippen LogP contribution in [-0.4, -0.2) is 26.9 Å². The van der Waals surface area contributed by atoms with E-state index >= 15 is 0 Å². The number of hydrogen-bond donors (Lipinski definition) is 2. The van der Waals surface area contributed by atoms with Crippen LogP contribution >= 0.6 is 0 Å². The van der Waals surface area contributed by atoms with Gasteiger partial charge in [0.1, 0.15) is 17.5 Å². The van der Waals surface area contributed by atoms with Crippen molar-refractivity contribution >= 4 is 22.6 Å². The van der Waals surface area contributed by atoms with Gasteiger partial charge in [0.05, 0.1) is 17.8 Å². The van der Waals surface area contributed by atoms with E-state index in [2.05, 4.69) is 35.0 Å². The lowest BCUT2D eigenvalue weighted by Crippen LogP contribution is -2.28. The number of benzene rings is 2. The van der Waals surface area contributed by atoms with E-state index in [4.69, 9.17) is 4.74 Å². The van der Waals surface area contributed by atoms with Gasteiger partial charge in [0, 0.05) is 11.1 Å². The van der Waals surface area contributed by atoms with Crippen LogP contribution in [0.15, 0.2) is 36.5 Å². The van der Waals surface area contributed by atoms with Crippen molar-refractivity contribution in [2.75, 3.05) is 5.32 Å². The highest BCUT2D eigenvalue weighted by atomic mass is 16.5. The van der Waals surface area contributed by atoms with Gasteiger partial charge in [-0.15, -0.1) is 0 Å². The van der Waals surface area contributed by atoms with Gasteiger partial charge in [-0.3, -0.25) is 4.68 Å². The second-order valence-corrected chi connectivity index (χ2v) is 7.76. The molecule has 2 N–H and O–H groups in total. The third kappa shape index (κ3) is 4.42. The Morgan fingerprint density at radius 1 is 1.10 bits per heavy atom. The predicted octanol–water partition coefficient (Wildman–Crippen LogP) is 6.08. The third-order valence-corrected chi connectivity index (χ3v) is 5.58. The molecule has 0 aliphatic heterocycles. The van der Waals surface area contributed by atoms with Crippen molar-refractivity contribution in [1.82, 2.24) is 9.78 Å². The molecule has 0 aliphatic carbocycles. The van der Waals surface area contributed by atoms with Gasteiger partial charge in [-0.25, -0.2) is 4.79 Å². The van der Waals surface area contributed by atoms with Crippen molar-refractivity contribution in [1.29, 1.82) is 0 Å². The second-order valence-electron chi connectivity index (χ2n) is 7.76. The largest absolute Gasteiger partial charge is 0.480 e. The summed E-state index contributed by atoms with van der Waals surface area (Å²) in [6, 6.07) is 9.71. The zero-order valence-corrected chi connectivity index (χ0v) is 18.4. The van der Waals surface area contributed by atoms with Gasteiger partial charge in [0.15, 0.2) is 0 Å². The van der Waals surface area contributed by atoms with Crippen molar-refractivity contribution in [3.8, 4) is 11.5 Å². The van der Waals surface area contributed by atoms with E-state index in [-0.39, 0.29) is 0 Å². The molecule has 0 bridgehead atoms. The molecule has 0 amide bonds. The molecule has 3 aromatic rings. The van der Waals surface area contributed by atoms with E-state index in [1.807, 2.05) is 51.2 Å². The lowest BCUT2D eigenvalue weighted by atomic mass is 10.1. The van der Waals surface area contributed by atoms with Crippen LogP contribution in [0.5, 0.6) is 11.5 Å². The molecular formula is C24H31N3O3. The molecule has 0 saturated carbocycles. The van der Waals surface area contributed by atoms with Crippen LogP contribution in [0.25, 0.3) is 10.9 Å². The Labute approximate surface area is 177 Å². The summed E-state index contributed by atoms with van der Waals surface area (Å²) in [6.07, 6.45) is 4.50. The highest BCUT2D eigenvalue weighted by Crippen LogP contribution is 2.33. The number of aryl methyl sites for hydroxylation is 2. The molecule has 30 heavy (non-hydrogen) atoms. The summed E-state index contributed by atoms with van der Waals surface area (Å²) in [4.78, 5) is 11.3. The molecular weight excluding hydrogens is 378 g/mol. The number of carboxylic acids is 1. The van der Waals surface area contributed by atoms with Crippen LogP contribution < -0.4 is 10.1 Å². The summed E-state index contributed by atoms with van der Waals surface area (Å²) < 4.78 is 8.32. The van der Waals surface area contributed by atoms with Crippen molar-refractivity contribution < 1.29 is 14.6 Å². The Balaban J connectivity index is 1.85. The number of fused-ring (bicyclic) bond motifs is 1. The van der Waals surface area contributed by atoms with Crippen molar-refractivity contribution in [3.05, 3.63) is 47.7 Å². The molecule has 0 fully saturated rings. The summed E-state index contributed by atoms with van der Waals surface area (Å²) >= 11 is 0. The van der Waals surface area contributed by atoms with Gasteiger partial charge in [0.2, 0.25) is 0 Å². The smallest absolute Gasteiger partial charge is 0.326 e. The molecule has 1 unspecified atom stereocenters. The average molecular weight is 410 g/mol. The van der Waals surface area contributed by atoms with Gasteiger partial charge >= 0.3 is 5.97 Å². The minimum atomic E-state index is -0.852. The zero-order valence-electron chi connectivity index (χ0n) is 18.4. The van der Waals surface area contributed by atoms with Gasteiger partial charge < -0.3 is 15.2 Å². The molecule has 0 spiro atoms. The number of hydrogen-bond acceptors (Lipinski definition) is 4. The van der Waals surface area contributed by atoms with Crippen molar-refractivity contribution in [2.24, 2.45) is 0 Å². The number of nitrogens with one attached hydrogen (secondary N) is 1. The summed E-state index contributed by atoms with van der Waals surface area (Å²) in [5.41, 5.74) is 3.80. The topological polar surface area (TPSA) is 76.4 Å². The minimum Gasteiger partial charge on any atom is -0.480 e. The molecule has 6 heteroatoms. The fraction of sp³-hybridized carbons (Fsp3) is 0.417. The predicted molar refractivity (Wildman–Crippen MR) is 121 cm³/mol. The Hall–Kier alpha value is -3.02. The van der Waals surface area contributed by atoms with E-state index in [0.29, 0.717) is 12.5 Å². The maximum Gasteiger partial charge on any atom is 0.326 e. The molecule has 1 heterocycles. The second kappa shape index (κ2) is 9.20. The highest BCUT2D eigenvalue weighted by Gasteiger charge is 2.17. The Bertz CT molecular complexity index is 1010.